The van der Waals surface area contributed by atoms with Gasteiger partial charge in [0, 0.05) is 11.6 Å². The number of hydrogen-bond acceptors (Lipinski definition) is 4. The number of carboxylic acids is 1. The monoisotopic (exact) mass is 266 g/mol. The molecule has 0 saturated carbocycles. The van der Waals surface area contributed by atoms with Crippen molar-refractivity contribution >= 4 is 5.97 Å². The summed E-state index contributed by atoms with van der Waals surface area (Å²) in [6.07, 6.45) is 0.312. The maximum Gasteiger partial charge on any atom is 0.320 e. The van der Waals surface area contributed by atoms with Crippen LogP contribution in [0.1, 0.15) is 29.2 Å². The minimum absolute atomic E-state index is 0.151. The number of aryl methyl sites for hydroxylation is 2. The van der Waals surface area contributed by atoms with Gasteiger partial charge in [0.1, 0.15) is 11.8 Å². The molecule has 1 aromatic carbocycles. The molecule has 0 bridgehead atoms. The van der Waals surface area contributed by atoms with Crippen LogP contribution < -0.4 is 15.8 Å². The van der Waals surface area contributed by atoms with Crippen molar-refractivity contribution in [1.29, 1.82) is 0 Å². The summed E-state index contributed by atoms with van der Waals surface area (Å²) in [5, 5.41) is 12.0. The normalized spacial score (nSPS) is 13.9. The Morgan fingerprint density at radius 1 is 1.47 bits per heavy atom. The molecule has 106 valence electrons. The summed E-state index contributed by atoms with van der Waals surface area (Å²) in [5.41, 5.74) is 8.76. The smallest absolute Gasteiger partial charge is 0.320 e. The summed E-state index contributed by atoms with van der Waals surface area (Å²) in [6, 6.07) is 2.94. The number of carbonyl (C=O) groups is 1. The molecule has 0 amide bonds. The van der Waals surface area contributed by atoms with Crippen molar-refractivity contribution in [2.45, 2.75) is 32.4 Å². The Balaban J connectivity index is 3.14. The van der Waals surface area contributed by atoms with Gasteiger partial charge in [0.05, 0.1) is 7.11 Å². The number of rotatable bonds is 6. The summed E-state index contributed by atoms with van der Waals surface area (Å²) < 4.78 is 5.40. The van der Waals surface area contributed by atoms with Crippen molar-refractivity contribution in [3.8, 4) is 5.75 Å². The highest BCUT2D eigenvalue weighted by atomic mass is 16.5. The maximum absolute atomic E-state index is 10.9. The van der Waals surface area contributed by atoms with Gasteiger partial charge in [-0.15, -0.1) is 0 Å². The first-order chi connectivity index (χ1) is 8.90. The van der Waals surface area contributed by atoms with E-state index in [0.717, 1.165) is 22.4 Å². The number of nitrogens with one attached hydrogen (secondary N) is 1. The summed E-state index contributed by atoms with van der Waals surface area (Å²) in [7, 11) is 3.40. The van der Waals surface area contributed by atoms with Crippen molar-refractivity contribution in [3.05, 3.63) is 28.8 Å². The van der Waals surface area contributed by atoms with Gasteiger partial charge in [-0.3, -0.25) is 4.79 Å². The van der Waals surface area contributed by atoms with Crippen molar-refractivity contribution in [2.24, 2.45) is 5.73 Å². The lowest BCUT2D eigenvalue weighted by molar-refractivity contribution is -0.138. The Kier molecular flexibility index (Phi) is 5.32. The Labute approximate surface area is 113 Å². The van der Waals surface area contributed by atoms with E-state index in [9.17, 15) is 4.79 Å². The van der Waals surface area contributed by atoms with E-state index >= 15 is 0 Å². The van der Waals surface area contributed by atoms with Crippen LogP contribution in [0.3, 0.4) is 0 Å². The zero-order chi connectivity index (χ0) is 14.6. The van der Waals surface area contributed by atoms with E-state index in [0.29, 0.717) is 6.42 Å². The number of methoxy groups -OCH3 is 1. The lowest BCUT2D eigenvalue weighted by Gasteiger charge is -2.23. The van der Waals surface area contributed by atoms with Crippen LogP contribution in [-0.4, -0.2) is 31.3 Å². The van der Waals surface area contributed by atoms with Gasteiger partial charge in [0.2, 0.25) is 0 Å². The van der Waals surface area contributed by atoms with Gasteiger partial charge < -0.3 is 20.9 Å². The summed E-state index contributed by atoms with van der Waals surface area (Å²) >= 11 is 0. The molecule has 0 saturated heterocycles. The first kappa shape index (κ1) is 15.5. The Morgan fingerprint density at radius 2 is 2.11 bits per heavy atom. The number of hydrogen-bond donors (Lipinski definition) is 3. The average Bonchev–Trinajstić information content (AvgIpc) is 2.35. The van der Waals surface area contributed by atoms with E-state index < -0.39 is 12.0 Å². The van der Waals surface area contributed by atoms with Gasteiger partial charge in [-0.25, -0.2) is 0 Å². The second-order valence-electron chi connectivity index (χ2n) is 4.72. The van der Waals surface area contributed by atoms with Crippen LogP contribution in [-0.2, 0) is 4.79 Å². The fourth-order valence-corrected chi connectivity index (χ4v) is 2.29. The van der Waals surface area contributed by atoms with E-state index in [2.05, 4.69) is 11.4 Å². The molecular weight excluding hydrogens is 244 g/mol. The van der Waals surface area contributed by atoms with E-state index in [-0.39, 0.29) is 6.04 Å². The molecule has 1 rings (SSSR count). The molecule has 0 spiro atoms. The molecule has 2 atom stereocenters. The average molecular weight is 266 g/mol. The SMILES string of the molecule is CNC(CC(N)C(=O)O)c1c(C)cc(C)cc1OC. The Hall–Kier alpha value is -1.59. The van der Waals surface area contributed by atoms with E-state index in [1.54, 1.807) is 14.2 Å². The molecule has 2 unspecified atom stereocenters. The lowest BCUT2D eigenvalue weighted by Crippen LogP contribution is -2.35. The zero-order valence-electron chi connectivity index (χ0n) is 11.9. The molecule has 4 N–H and O–H groups in total. The molecule has 1 aromatic rings. The fourth-order valence-electron chi connectivity index (χ4n) is 2.29. The van der Waals surface area contributed by atoms with Gasteiger partial charge >= 0.3 is 5.97 Å². The number of aliphatic carboxylic acids is 1. The minimum atomic E-state index is -0.996. The molecule has 0 aliphatic rings. The second-order valence-corrected chi connectivity index (χ2v) is 4.72. The van der Waals surface area contributed by atoms with E-state index in [1.807, 2.05) is 19.9 Å². The quantitative estimate of drug-likeness (QED) is 0.724. The van der Waals surface area contributed by atoms with E-state index in [1.165, 1.54) is 0 Å². The molecule has 0 radical (unpaired) electrons. The molecule has 0 aliphatic heterocycles. The highest BCUT2D eigenvalue weighted by molar-refractivity contribution is 5.73. The summed E-state index contributed by atoms with van der Waals surface area (Å²) in [4.78, 5) is 10.9. The van der Waals surface area contributed by atoms with Crippen LogP contribution >= 0.6 is 0 Å². The molecule has 19 heavy (non-hydrogen) atoms. The molecule has 0 heterocycles. The molecular formula is C14H22N2O3. The van der Waals surface area contributed by atoms with Crippen molar-refractivity contribution in [1.82, 2.24) is 5.32 Å². The van der Waals surface area contributed by atoms with Gasteiger partial charge in [-0.1, -0.05) is 6.07 Å². The second kappa shape index (κ2) is 6.54. The van der Waals surface area contributed by atoms with Crippen LogP contribution in [0.25, 0.3) is 0 Å². The highest BCUT2D eigenvalue weighted by Crippen LogP contribution is 2.32. The molecule has 0 fully saturated rings. The first-order valence-corrected chi connectivity index (χ1v) is 6.21. The highest BCUT2D eigenvalue weighted by Gasteiger charge is 2.23. The summed E-state index contributed by atoms with van der Waals surface area (Å²) in [6.45, 7) is 3.98. The number of benzene rings is 1. The number of ether oxygens (including phenoxy) is 1. The van der Waals surface area contributed by atoms with Crippen molar-refractivity contribution in [3.63, 3.8) is 0 Å². The largest absolute Gasteiger partial charge is 0.496 e. The standard InChI is InChI=1S/C14H22N2O3/c1-8-5-9(2)13(12(6-8)19-4)11(16-3)7-10(15)14(17)18/h5-6,10-11,16H,7,15H2,1-4H3,(H,17,18). The van der Waals surface area contributed by atoms with Crippen LogP contribution in [0, 0.1) is 13.8 Å². The molecule has 5 heteroatoms. The number of nitrogens with two attached hydrogens (primary N) is 1. The first-order valence-electron chi connectivity index (χ1n) is 6.21. The minimum Gasteiger partial charge on any atom is -0.496 e. The van der Waals surface area contributed by atoms with E-state index in [4.69, 9.17) is 15.6 Å². The topological polar surface area (TPSA) is 84.6 Å². The van der Waals surface area contributed by atoms with Crippen LogP contribution in [0.4, 0.5) is 0 Å². The number of carboxylic acid groups (broad SMARTS) is 1. The van der Waals surface area contributed by atoms with Gasteiger partial charge in [-0.2, -0.15) is 0 Å². The van der Waals surface area contributed by atoms with Gasteiger partial charge in [0.15, 0.2) is 0 Å². The van der Waals surface area contributed by atoms with Crippen molar-refractivity contribution < 1.29 is 14.6 Å². The van der Waals surface area contributed by atoms with Gasteiger partial charge in [0.25, 0.3) is 0 Å². The summed E-state index contributed by atoms with van der Waals surface area (Å²) in [5.74, 6) is -0.238. The van der Waals surface area contributed by atoms with Crippen LogP contribution in [0.5, 0.6) is 5.75 Å². The van der Waals surface area contributed by atoms with Crippen LogP contribution in [0.15, 0.2) is 12.1 Å². The predicted octanol–water partition coefficient (Wildman–Crippen LogP) is 1.37. The molecule has 5 nitrogen and oxygen atoms in total. The third kappa shape index (κ3) is 3.68. The lowest BCUT2D eigenvalue weighted by atomic mass is 9.93. The third-order valence-electron chi connectivity index (χ3n) is 3.22. The fraction of sp³-hybridized carbons (Fsp3) is 0.500. The van der Waals surface area contributed by atoms with Crippen molar-refractivity contribution in [2.75, 3.05) is 14.2 Å². The third-order valence-corrected chi connectivity index (χ3v) is 3.22. The Morgan fingerprint density at radius 3 is 2.58 bits per heavy atom. The maximum atomic E-state index is 10.9. The van der Waals surface area contributed by atoms with Crippen LogP contribution in [0.2, 0.25) is 0 Å². The van der Waals surface area contributed by atoms with Gasteiger partial charge in [-0.05, 0) is 44.5 Å². The molecule has 0 aliphatic carbocycles. The zero-order valence-corrected chi connectivity index (χ0v) is 11.9. The predicted molar refractivity (Wildman–Crippen MR) is 74.5 cm³/mol. The Bertz CT molecular complexity index is 460. The molecule has 0 aromatic heterocycles.